The second-order valence-electron chi connectivity index (χ2n) is 5.97. The second kappa shape index (κ2) is 5.88. The van der Waals surface area contributed by atoms with Gasteiger partial charge >= 0.3 is 12.2 Å². The normalized spacial score (nSPS) is 25.9. The molecule has 3 atom stereocenters. The van der Waals surface area contributed by atoms with Crippen LogP contribution < -0.4 is 4.90 Å². The Balaban J connectivity index is 2.15. The molecule has 0 aromatic heterocycles. The Hall–Kier alpha value is -2.34. The first-order chi connectivity index (χ1) is 11.7. The van der Waals surface area contributed by atoms with E-state index in [2.05, 4.69) is 5.18 Å². The molecule has 2 amide bonds. The lowest BCUT2D eigenvalue weighted by Gasteiger charge is -2.30. The summed E-state index contributed by atoms with van der Waals surface area (Å²) < 4.78 is 41.2. The van der Waals surface area contributed by atoms with E-state index in [0.717, 1.165) is 4.90 Å². The molecule has 1 aromatic rings. The zero-order valence-corrected chi connectivity index (χ0v) is 13.7. The molecular formula is C15H12ClF3N4O2. The quantitative estimate of drug-likeness (QED) is 0.744. The molecule has 6 nitrogen and oxygen atoms in total. The summed E-state index contributed by atoms with van der Waals surface area (Å²) in [4.78, 5) is 25.2. The monoisotopic (exact) mass is 372 g/mol. The minimum atomic E-state index is -4.75. The van der Waals surface area contributed by atoms with Crippen molar-refractivity contribution >= 4 is 23.3 Å². The van der Waals surface area contributed by atoms with Crippen LogP contribution >= 0.6 is 11.6 Å². The number of hydrogen-bond donors (Lipinski definition) is 0. The third-order valence-corrected chi connectivity index (χ3v) is 5.17. The van der Waals surface area contributed by atoms with Crippen molar-refractivity contribution in [2.24, 2.45) is 5.18 Å². The zero-order valence-electron chi connectivity index (χ0n) is 12.9. The lowest BCUT2D eigenvalue weighted by Crippen LogP contribution is -2.51. The van der Waals surface area contributed by atoms with Crippen LogP contribution in [0.1, 0.15) is 17.5 Å². The summed E-state index contributed by atoms with van der Waals surface area (Å²) in [5.41, 5.74) is 0.265. The van der Waals surface area contributed by atoms with Crippen LogP contribution in [0.2, 0.25) is 5.02 Å². The van der Waals surface area contributed by atoms with Crippen molar-refractivity contribution in [1.82, 2.24) is 4.90 Å². The van der Waals surface area contributed by atoms with Gasteiger partial charge in [-0.2, -0.15) is 23.3 Å². The van der Waals surface area contributed by atoms with E-state index in [1.165, 1.54) is 19.1 Å². The number of hydrogen-bond acceptors (Lipinski definition) is 4. The first kappa shape index (κ1) is 17.5. The van der Waals surface area contributed by atoms with Crippen LogP contribution in [0.25, 0.3) is 0 Å². The van der Waals surface area contributed by atoms with E-state index >= 15 is 0 Å². The first-order valence-electron chi connectivity index (χ1n) is 7.40. The summed E-state index contributed by atoms with van der Waals surface area (Å²) in [5, 5.41) is 11.8. The van der Waals surface area contributed by atoms with Crippen LogP contribution in [-0.2, 0) is 0 Å². The minimum absolute atomic E-state index is 0.00848. The minimum Gasteiger partial charge on any atom is -0.317 e. The molecular weight excluding hydrogens is 361 g/mol. The molecule has 0 bridgehead atoms. The van der Waals surface area contributed by atoms with Gasteiger partial charge in [0.25, 0.3) is 0 Å². The van der Waals surface area contributed by atoms with Crippen LogP contribution in [-0.4, -0.2) is 41.8 Å². The fourth-order valence-corrected chi connectivity index (χ4v) is 3.75. The fraction of sp³-hybridized carbons (Fsp3) is 0.467. The Bertz CT molecular complexity index is 792. The number of fused-ring (bicyclic) bond motifs is 1. The number of halogens is 4. The van der Waals surface area contributed by atoms with Crippen LogP contribution in [0.15, 0.2) is 17.3 Å². The Kier molecular flexibility index (Phi) is 4.11. The van der Waals surface area contributed by atoms with Crippen molar-refractivity contribution < 1.29 is 18.0 Å². The van der Waals surface area contributed by atoms with E-state index in [-0.39, 0.29) is 34.8 Å². The molecule has 3 rings (SSSR count). The summed E-state index contributed by atoms with van der Waals surface area (Å²) in [6.07, 6.45) is -4.65. The van der Waals surface area contributed by atoms with Gasteiger partial charge in [-0.15, -0.1) is 0 Å². The first-order valence-corrected chi connectivity index (χ1v) is 7.78. The highest BCUT2D eigenvalue weighted by Gasteiger charge is 2.63. The van der Waals surface area contributed by atoms with E-state index in [4.69, 9.17) is 16.9 Å². The van der Waals surface area contributed by atoms with Gasteiger partial charge < -0.3 is 4.90 Å². The van der Waals surface area contributed by atoms with Crippen LogP contribution in [0.5, 0.6) is 0 Å². The van der Waals surface area contributed by atoms with Gasteiger partial charge in [0.05, 0.1) is 22.3 Å². The Labute approximate surface area is 145 Å². The summed E-state index contributed by atoms with van der Waals surface area (Å²) in [6.45, 7) is 1.48. The summed E-state index contributed by atoms with van der Waals surface area (Å²) in [5.74, 6) is 0. The van der Waals surface area contributed by atoms with Gasteiger partial charge in [0.2, 0.25) is 0 Å². The fourth-order valence-electron chi connectivity index (χ4n) is 3.54. The number of anilines is 1. The van der Waals surface area contributed by atoms with Crippen LogP contribution in [0.3, 0.4) is 0 Å². The molecule has 2 aliphatic rings. The van der Waals surface area contributed by atoms with Crippen molar-refractivity contribution in [3.05, 3.63) is 33.2 Å². The SMILES string of the molecule is Cc1c(N2C(=O)N3CCC(N=O)[C@H]3[C@H]2C(F)(F)F)ccc(C#N)c1Cl. The van der Waals surface area contributed by atoms with Crippen molar-refractivity contribution in [3.8, 4) is 6.07 Å². The summed E-state index contributed by atoms with van der Waals surface area (Å²) >= 11 is 6.04. The maximum atomic E-state index is 13.7. The third kappa shape index (κ3) is 2.52. The second-order valence-corrected chi connectivity index (χ2v) is 6.35. The molecule has 0 saturated carbocycles. The van der Waals surface area contributed by atoms with E-state index in [1.54, 1.807) is 0 Å². The molecule has 2 heterocycles. The highest BCUT2D eigenvalue weighted by Crippen LogP contribution is 2.45. The Morgan fingerprint density at radius 1 is 1.40 bits per heavy atom. The Morgan fingerprint density at radius 2 is 2.08 bits per heavy atom. The average Bonchev–Trinajstić information content (AvgIpc) is 3.08. The smallest absolute Gasteiger partial charge is 0.317 e. The van der Waals surface area contributed by atoms with E-state index < -0.39 is 30.3 Å². The van der Waals surface area contributed by atoms with Gasteiger partial charge in [0.15, 0.2) is 6.04 Å². The number of alkyl halides is 3. The predicted octanol–water partition coefficient (Wildman–Crippen LogP) is 3.60. The van der Waals surface area contributed by atoms with Crippen LogP contribution in [0, 0.1) is 23.2 Å². The van der Waals surface area contributed by atoms with Crippen molar-refractivity contribution in [2.45, 2.75) is 37.6 Å². The number of benzene rings is 1. The van der Waals surface area contributed by atoms with Crippen molar-refractivity contribution in [1.29, 1.82) is 5.26 Å². The summed E-state index contributed by atoms with van der Waals surface area (Å²) in [7, 11) is 0. The maximum absolute atomic E-state index is 13.7. The lowest BCUT2D eigenvalue weighted by molar-refractivity contribution is -0.152. The number of nitrogens with zero attached hydrogens (tertiary/aromatic N) is 4. The van der Waals surface area contributed by atoms with Gasteiger partial charge in [0, 0.05) is 6.54 Å². The number of amides is 2. The predicted molar refractivity (Wildman–Crippen MR) is 83.3 cm³/mol. The molecule has 132 valence electrons. The van der Waals surface area contributed by atoms with Gasteiger partial charge in [0.1, 0.15) is 12.1 Å². The molecule has 10 heteroatoms. The standard InChI is InChI=1S/C15H12ClF3N4O2/c1-7-10(3-2-8(6-20)11(7)16)23-13(15(17,18)19)12-9(21-25)4-5-22(12)14(23)24/h2-3,9,12-13H,4-5H2,1H3/t9?,12-,13-/m0/s1. The van der Waals surface area contributed by atoms with E-state index in [9.17, 15) is 22.9 Å². The van der Waals surface area contributed by atoms with Gasteiger partial charge in [-0.05, 0) is 31.0 Å². The Morgan fingerprint density at radius 3 is 2.64 bits per heavy atom. The van der Waals surface area contributed by atoms with E-state index in [0.29, 0.717) is 4.90 Å². The number of nitriles is 1. The van der Waals surface area contributed by atoms with Crippen molar-refractivity contribution in [3.63, 3.8) is 0 Å². The number of carbonyl (C=O) groups is 1. The topological polar surface area (TPSA) is 76.8 Å². The number of nitroso groups, excluding NO2 is 1. The molecule has 0 spiro atoms. The van der Waals surface area contributed by atoms with Gasteiger partial charge in [-0.1, -0.05) is 16.8 Å². The molecule has 1 aromatic carbocycles. The highest BCUT2D eigenvalue weighted by atomic mass is 35.5. The summed E-state index contributed by atoms with van der Waals surface area (Å²) in [6, 6.07) is -1.15. The maximum Gasteiger partial charge on any atom is 0.411 e. The molecule has 2 fully saturated rings. The molecule has 0 aliphatic carbocycles. The number of urea groups is 1. The van der Waals surface area contributed by atoms with Gasteiger partial charge in [-0.25, -0.2) is 4.79 Å². The molecule has 2 saturated heterocycles. The van der Waals surface area contributed by atoms with Gasteiger partial charge in [-0.3, -0.25) is 4.90 Å². The highest BCUT2D eigenvalue weighted by molar-refractivity contribution is 6.33. The molecule has 1 unspecified atom stereocenters. The molecule has 2 aliphatic heterocycles. The van der Waals surface area contributed by atoms with Crippen LogP contribution in [0.4, 0.5) is 23.7 Å². The molecule has 0 radical (unpaired) electrons. The van der Waals surface area contributed by atoms with Crippen molar-refractivity contribution in [2.75, 3.05) is 11.4 Å². The number of carbonyl (C=O) groups excluding carboxylic acids is 1. The molecule has 25 heavy (non-hydrogen) atoms. The zero-order chi connectivity index (χ0) is 18.5. The van der Waals surface area contributed by atoms with E-state index in [1.807, 2.05) is 6.07 Å². The third-order valence-electron chi connectivity index (χ3n) is 4.68. The molecule has 0 N–H and O–H groups in total. The average molecular weight is 373 g/mol. The lowest BCUT2D eigenvalue weighted by atomic mass is 10.00. The number of rotatable bonds is 2. The largest absolute Gasteiger partial charge is 0.411 e.